The zero-order chi connectivity index (χ0) is 13.2. The molecule has 0 spiro atoms. The van der Waals surface area contributed by atoms with Crippen molar-refractivity contribution in [3.8, 4) is 23.1 Å². The summed E-state index contributed by atoms with van der Waals surface area (Å²) in [5, 5.41) is 0.491. The Labute approximate surface area is 115 Å². The Hall–Kier alpha value is -2.44. The van der Waals surface area contributed by atoms with Crippen molar-refractivity contribution in [2.45, 2.75) is 0 Å². The SMILES string of the molecule is NC#Cc1ccc(-c2cc3[nH]ccc3nc2Cl)cc1. The van der Waals surface area contributed by atoms with Gasteiger partial charge < -0.3 is 10.7 Å². The lowest BCUT2D eigenvalue weighted by atomic mass is 10.1. The Morgan fingerprint density at radius 3 is 2.68 bits per heavy atom. The van der Waals surface area contributed by atoms with Crippen LogP contribution in [0.2, 0.25) is 5.15 Å². The van der Waals surface area contributed by atoms with Gasteiger partial charge in [-0.3, -0.25) is 0 Å². The van der Waals surface area contributed by atoms with Gasteiger partial charge in [-0.2, -0.15) is 0 Å². The van der Waals surface area contributed by atoms with E-state index in [4.69, 9.17) is 17.3 Å². The van der Waals surface area contributed by atoms with Crippen molar-refractivity contribution in [1.82, 2.24) is 9.97 Å². The topological polar surface area (TPSA) is 54.7 Å². The number of nitrogens with two attached hydrogens (primary N) is 1. The van der Waals surface area contributed by atoms with Crippen molar-refractivity contribution in [3.63, 3.8) is 0 Å². The molecule has 3 aromatic rings. The lowest BCUT2D eigenvalue weighted by molar-refractivity contribution is 1.40. The highest BCUT2D eigenvalue weighted by molar-refractivity contribution is 6.32. The first-order valence-electron chi connectivity index (χ1n) is 5.73. The standard InChI is InChI=1S/C15H10ClN3/c16-15-12(9-14-13(19-15)6-8-18-14)11-3-1-10(2-4-11)5-7-17/h1-4,6,8-9,18H,17H2. The van der Waals surface area contributed by atoms with Gasteiger partial charge >= 0.3 is 0 Å². The van der Waals surface area contributed by atoms with Gasteiger partial charge in [0.15, 0.2) is 0 Å². The van der Waals surface area contributed by atoms with Crippen LogP contribution in [0.25, 0.3) is 22.2 Å². The number of pyridine rings is 1. The summed E-state index contributed by atoms with van der Waals surface area (Å²) in [6.07, 6.45) is 1.84. The van der Waals surface area contributed by atoms with Crippen LogP contribution in [0, 0.1) is 12.0 Å². The maximum atomic E-state index is 6.22. The molecule has 0 bridgehead atoms. The molecule has 2 aromatic heterocycles. The predicted molar refractivity (Wildman–Crippen MR) is 77.6 cm³/mol. The number of halogens is 1. The van der Waals surface area contributed by atoms with Gasteiger partial charge in [-0.25, -0.2) is 4.98 Å². The average molecular weight is 268 g/mol. The normalized spacial score (nSPS) is 10.2. The Kier molecular flexibility index (Phi) is 2.86. The molecule has 0 amide bonds. The first-order valence-corrected chi connectivity index (χ1v) is 6.11. The number of benzene rings is 1. The third kappa shape index (κ3) is 2.14. The maximum absolute atomic E-state index is 6.22. The highest BCUT2D eigenvalue weighted by Crippen LogP contribution is 2.29. The molecule has 0 aliphatic carbocycles. The fourth-order valence-corrected chi connectivity index (χ4v) is 2.23. The summed E-state index contributed by atoms with van der Waals surface area (Å²) in [7, 11) is 0. The van der Waals surface area contributed by atoms with Crippen LogP contribution in [0.1, 0.15) is 5.56 Å². The Balaban J connectivity index is 2.11. The summed E-state index contributed by atoms with van der Waals surface area (Å²) in [5.41, 5.74) is 9.77. The molecule has 19 heavy (non-hydrogen) atoms. The molecule has 0 aliphatic rings. The molecule has 3 nitrogen and oxygen atoms in total. The highest BCUT2D eigenvalue weighted by atomic mass is 35.5. The fraction of sp³-hybridized carbons (Fsp3) is 0. The summed E-state index contributed by atoms with van der Waals surface area (Å²) >= 11 is 6.22. The van der Waals surface area contributed by atoms with E-state index in [1.54, 1.807) is 0 Å². The van der Waals surface area contributed by atoms with Crippen LogP contribution in [0.5, 0.6) is 0 Å². The zero-order valence-electron chi connectivity index (χ0n) is 9.94. The number of nitrogens with zero attached hydrogens (tertiary/aromatic N) is 1. The lowest BCUT2D eigenvalue weighted by Crippen LogP contribution is -1.86. The van der Waals surface area contributed by atoms with Gasteiger partial charge in [0.05, 0.1) is 11.0 Å². The van der Waals surface area contributed by atoms with E-state index in [1.165, 1.54) is 0 Å². The van der Waals surface area contributed by atoms with E-state index in [0.29, 0.717) is 5.15 Å². The van der Waals surface area contributed by atoms with E-state index in [0.717, 1.165) is 27.7 Å². The minimum Gasteiger partial charge on any atom is -0.360 e. The van der Waals surface area contributed by atoms with Crippen LogP contribution in [-0.2, 0) is 0 Å². The molecule has 2 heterocycles. The Morgan fingerprint density at radius 1 is 1.16 bits per heavy atom. The number of nitrogens with one attached hydrogen (secondary N) is 1. The predicted octanol–water partition coefficient (Wildman–Crippen LogP) is 3.15. The summed E-state index contributed by atoms with van der Waals surface area (Å²) in [4.78, 5) is 7.49. The second kappa shape index (κ2) is 4.68. The maximum Gasteiger partial charge on any atom is 0.137 e. The minimum absolute atomic E-state index is 0.491. The van der Waals surface area contributed by atoms with E-state index in [-0.39, 0.29) is 0 Å². The van der Waals surface area contributed by atoms with E-state index >= 15 is 0 Å². The highest BCUT2D eigenvalue weighted by Gasteiger charge is 2.07. The van der Waals surface area contributed by atoms with Gasteiger partial charge in [-0.15, -0.1) is 0 Å². The molecule has 0 radical (unpaired) electrons. The lowest BCUT2D eigenvalue weighted by Gasteiger charge is -2.04. The molecular formula is C15H10ClN3. The average Bonchev–Trinajstić information content (AvgIpc) is 2.86. The van der Waals surface area contributed by atoms with Crippen LogP contribution in [0.15, 0.2) is 42.6 Å². The van der Waals surface area contributed by atoms with Gasteiger partial charge in [0.2, 0.25) is 0 Å². The first-order chi connectivity index (χ1) is 9.28. The molecular weight excluding hydrogens is 258 g/mol. The van der Waals surface area contributed by atoms with Crippen LogP contribution in [0.4, 0.5) is 0 Å². The summed E-state index contributed by atoms with van der Waals surface area (Å²) in [6.45, 7) is 0. The van der Waals surface area contributed by atoms with Crippen molar-refractivity contribution in [3.05, 3.63) is 53.3 Å². The number of aromatic amines is 1. The Bertz CT molecular complexity index is 792. The molecule has 1 aromatic carbocycles. The van der Waals surface area contributed by atoms with Gasteiger partial charge in [0.1, 0.15) is 5.15 Å². The molecule has 0 fully saturated rings. The van der Waals surface area contributed by atoms with Crippen molar-refractivity contribution < 1.29 is 0 Å². The number of hydrogen-bond acceptors (Lipinski definition) is 2. The molecule has 4 heteroatoms. The molecule has 92 valence electrons. The monoisotopic (exact) mass is 267 g/mol. The van der Waals surface area contributed by atoms with E-state index in [1.807, 2.05) is 42.6 Å². The van der Waals surface area contributed by atoms with Gasteiger partial charge in [-0.05, 0) is 35.7 Å². The first kappa shape index (κ1) is 11.6. The smallest absolute Gasteiger partial charge is 0.137 e. The van der Waals surface area contributed by atoms with Gasteiger partial charge in [-0.1, -0.05) is 23.7 Å². The van der Waals surface area contributed by atoms with Gasteiger partial charge in [0.25, 0.3) is 0 Å². The Morgan fingerprint density at radius 2 is 1.95 bits per heavy atom. The number of H-pyrrole nitrogens is 1. The van der Waals surface area contributed by atoms with Crippen molar-refractivity contribution in [1.29, 1.82) is 0 Å². The molecule has 0 atom stereocenters. The summed E-state index contributed by atoms with van der Waals surface area (Å²) in [6, 6.07) is 14.0. The molecule has 0 unspecified atom stereocenters. The third-order valence-corrected chi connectivity index (χ3v) is 3.19. The summed E-state index contributed by atoms with van der Waals surface area (Å²) < 4.78 is 0. The quantitative estimate of drug-likeness (QED) is 0.404. The van der Waals surface area contributed by atoms with E-state index in [9.17, 15) is 0 Å². The molecule has 3 rings (SSSR count). The summed E-state index contributed by atoms with van der Waals surface area (Å²) in [5.74, 6) is 2.80. The van der Waals surface area contributed by atoms with Crippen molar-refractivity contribution in [2.24, 2.45) is 5.73 Å². The fourth-order valence-electron chi connectivity index (χ4n) is 1.98. The molecule has 3 N–H and O–H groups in total. The molecule has 0 saturated carbocycles. The van der Waals surface area contributed by atoms with Crippen molar-refractivity contribution in [2.75, 3.05) is 0 Å². The van der Waals surface area contributed by atoms with Crippen LogP contribution in [0.3, 0.4) is 0 Å². The molecule has 0 saturated heterocycles. The van der Waals surface area contributed by atoms with Crippen LogP contribution in [-0.4, -0.2) is 9.97 Å². The van der Waals surface area contributed by atoms with Crippen LogP contribution < -0.4 is 5.73 Å². The second-order valence-electron chi connectivity index (χ2n) is 4.08. The third-order valence-electron chi connectivity index (χ3n) is 2.90. The van der Waals surface area contributed by atoms with Crippen molar-refractivity contribution >= 4 is 22.6 Å². The number of aromatic nitrogens is 2. The number of hydrogen-bond donors (Lipinski definition) is 2. The number of fused-ring (bicyclic) bond motifs is 1. The minimum atomic E-state index is 0.491. The molecule has 0 aliphatic heterocycles. The number of rotatable bonds is 1. The van der Waals surface area contributed by atoms with E-state index in [2.05, 4.69) is 21.9 Å². The van der Waals surface area contributed by atoms with Crippen LogP contribution >= 0.6 is 11.6 Å². The van der Waals surface area contributed by atoms with Gasteiger partial charge in [0, 0.05) is 23.4 Å². The second-order valence-corrected chi connectivity index (χ2v) is 4.44. The largest absolute Gasteiger partial charge is 0.360 e. The zero-order valence-corrected chi connectivity index (χ0v) is 10.7. The van der Waals surface area contributed by atoms with E-state index < -0.39 is 0 Å².